The topological polar surface area (TPSA) is 37.3 Å². The summed E-state index contributed by atoms with van der Waals surface area (Å²) in [5.74, 6) is -0.258. The van der Waals surface area contributed by atoms with Crippen LogP contribution in [0.2, 0.25) is 0 Å². The molecule has 0 aromatic heterocycles. The fourth-order valence-electron chi connectivity index (χ4n) is 2.18. The first-order chi connectivity index (χ1) is 8.63. The molecule has 0 fully saturated rings. The van der Waals surface area contributed by atoms with Crippen molar-refractivity contribution < 1.29 is 9.90 Å². The molecule has 0 heterocycles. The summed E-state index contributed by atoms with van der Waals surface area (Å²) in [6.07, 6.45) is -0.256. The van der Waals surface area contributed by atoms with Crippen molar-refractivity contribution in [3.05, 3.63) is 48.0 Å². The second-order valence-electron chi connectivity index (χ2n) is 4.66. The van der Waals surface area contributed by atoms with Gasteiger partial charge < -0.3 is 5.11 Å². The highest BCUT2D eigenvalue weighted by molar-refractivity contribution is 5.84. The van der Waals surface area contributed by atoms with E-state index in [1.165, 1.54) is 0 Å². The first-order valence-electron chi connectivity index (χ1n) is 6.33. The molecule has 0 aliphatic rings. The Kier molecular flexibility index (Phi) is 3.78. The van der Waals surface area contributed by atoms with Crippen LogP contribution in [0.5, 0.6) is 0 Å². The van der Waals surface area contributed by atoms with Crippen molar-refractivity contribution in [3.63, 3.8) is 0 Å². The zero-order chi connectivity index (χ0) is 13.1. The van der Waals surface area contributed by atoms with Gasteiger partial charge in [0.05, 0.1) is 6.10 Å². The Morgan fingerprint density at radius 1 is 1.17 bits per heavy atom. The van der Waals surface area contributed by atoms with Gasteiger partial charge in [0.1, 0.15) is 5.78 Å². The number of hydrogen-bond acceptors (Lipinski definition) is 2. The Labute approximate surface area is 107 Å². The van der Waals surface area contributed by atoms with Crippen LogP contribution in [-0.4, -0.2) is 10.9 Å². The lowest BCUT2D eigenvalue weighted by molar-refractivity contribution is -0.125. The number of rotatable bonds is 4. The molecule has 2 aromatic rings. The molecule has 2 nitrogen and oxygen atoms in total. The molecule has 2 heteroatoms. The van der Waals surface area contributed by atoms with E-state index >= 15 is 0 Å². The number of hydrogen-bond donors (Lipinski definition) is 1. The summed E-state index contributed by atoms with van der Waals surface area (Å²) in [6, 6.07) is 13.8. The molecule has 0 unspecified atom stereocenters. The minimum atomic E-state index is -0.720. The Balaban J connectivity index is 2.33. The van der Waals surface area contributed by atoms with Gasteiger partial charge in [0.15, 0.2) is 0 Å². The zero-order valence-electron chi connectivity index (χ0n) is 10.8. The van der Waals surface area contributed by atoms with Crippen LogP contribution in [0.1, 0.15) is 31.9 Å². The first-order valence-corrected chi connectivity index (χ1v) is 6.33. The molecule has 0 bridgehead atoms. The number of benzene rings is 2. The van der Waals surface area contributed by atoms with Gasteiger partial charge in [0.25, 0.3) is 0 Å². The van der Waals surface area contributed by atoms with Crippen LogP contribution in [0.25, 0.3) is 10.8 Å². The Morgan fingerprint density at radius 3 is 2.50 bits per heavy atom. The number of carbonyl (C=O) groups excluding carboxylic acids is 1. The van der Waals surface area contributed by atoms with Gasteiger partial charge in [-0.25, -0.2) is 0 Å². The maximum Gasteiger partial charge on any atom is 0.138 e. The second kappa shape index (κ2) is 5.32. The molecule has 0 saturated heterocycles. The highest BCUT2D eigenvalue weighted by Gasteiger charge is 2.21. The van der Waals surface area contributed by atoms with Crippen molar-refractivity contribution in [3.8, 4) is 0 Å². The average molecular weight is 242 g/mol. The van der Waals surface area contributed by atoms with E-state index in [1.54, 1.807) is 6.92 Å². The van der Waals surface area contributed by atoms with Crippen molar-refractivity contribution in [2.24, 2.45) is 5.92 Å². The SMILES string of the molecule is CCC(=O)[C@H](C)[C@H](O)c1ccc2ccccc2c1. The van der Waals surface area contributed by atoms with Crippen LogP contribution < -0.4 is 0 Å². The normalized spacial score (nSPS) is 14.4. The van der Waals surface area contributed by atoms with Crippen molar-refractivity contribution in [1.82, 2.24) is 0 Å². The highest BCUT2D eigenvalue weighted by Crippen LogP contribution is 2.26. The number of ketones is 1. The maximum absolute atomic E-state index is 11.6. The molecular formula is C16H18O2. The summed E-state index contributed by atoms with van der Waals surface area (Å²) in [6.45, 7) is 3.61. The van der Waals surface area contributed by atoms with Crippen LogP contribution >= 0.6 is 0 Å². The van der Waals surface area contributed by atoms with E-state index in [9.17, 15) is 9.90 Å². The van der Waals surface area contributed by atoms with Crippen molar-refractivity contribution in [2.75, 3.05) is 0 Å². The monoisotopic (exact) mass is 242 g/mol. The Bertz CT molecular complexity index is 560. The summed E-state index contributed by atoms with van der Waals surface area (Å²) < 4.78 is 0. The van der Waals surface area contributed by atoms with Gasteiger partial charge >= 0.3 is 0 Å². The smallest absolute Gasteiger partial charge is 0.138 e. The number of fused-ring (bicyclic) bond motifs is 1. The summed E-state index contributed by atoms with van der Waals surface area (Å²) in [5, 5.41) is 12.5. The molecule has 18 heavy (non-hydrogen) atoms. The highest BCUT2D eigenvalue weighted by atomic mass is 16.3. The van der Waals surface area contributed by atoms with Gasteiger partial charge in [0.2, 0.25) is 0 Å². The molecule has 0 spiro atoms. The molecule has 94 valence electrons. The lowest BCUT2D eigenvalue weighted by Gasteiger charge is -2.18. The van der Waals surface area contributed by atoms with E-state index in [-0.39, 0.29) is 11.7 Å². The second-order valence-corrected chi connectivity index (χ2v) is 4.66. The summed E-state index contributed by atoms with van der Waals surface area (Å²) >= 11 is 0. The van der Waals surface area contributed by atoms with Crippen molar-refractivity contribution in [1.29, 1.82) is 0 Å². The first kappa shape index (κ1) is 12.8. The maximum atomic E-state index is 11.6. The van der Waals surface area contributed by atoms with Crippen LogP contribution in [0.3, 0.4) is 0 Å². The molecule has 0 amide bonds. The third-order valence-corrected chi connectivity index (χ3v) is 3.44. The summed E-state index contributed by atoms with van der Waals surface area (Å²) in [4.78, 5) is 11.6. The minimum Gasteiger partial charge on any atom is -0.388 e. The molecule has 2 rings (SSSR count). The van der Waals surface area contributed by atoms with Gasteiger partial charge in [-0.15, -0.1) is 0 Å². The van der Waals surface area contributed by atoms with Gasteiger partial charge in [-0.1, -0.05) is 50.2 Å². The van der Waals surface area contributed by atoms with E-state index in [1.807, 2.05) is 49.4 Å². The van der Waals surface area contributed by atoms with Crippen molar-refractivity contribution >= 4 is 16.6 Å². The molecule has 2 aromatic carbocycles. The predicted octanol–water partition coefficient (Wildman–Crippen LogP) is 3.49. The predicted molar refractivity (Wildman–Crippen MR) is 73.4 cm³/mol. The van der Waals surface area contributed by atoms with E-state index in [0.29, 0.717) is 6.42 Å². The van der Waals surface area contributed by atoms with Crippen LogP contribution in [0.15, 0.2) is 42.5 Å². The number of aliphatic hydroxyl groups is 1. The van der Waals surface area contributed by atoms with E-state index in [2.05, 4.69) is 0 Å². The number of carbonyl (C=O) groups is 1. The molecule has 1 N–H and O–H groups in total. The number of Topliss-reactive ketones (excluding diaryl/α,β-unsaturated/α-hetero) is 1. The molecule has 0 saturated carbocycles. The third-order valence-electron chi connectivity index (χ3n) is 3.44. The van der Waals surface area contributed by atoms with Crippen LogP contribution in [-0.2, 0) is 4.79 Å². The van der Waals surface area contributed by atoms with Crippen LogP contribution in [0.4, 0.5) is 0 Å². The van der Waals surface area contributed by atoms with Gasteiger partial charge in [-0.05, 0) is 22.4 Å². The lowest BCUT2D eigenvalue weighted by atomic mass is 9.91. The number of aliphatic hydroxyl groups excluding tert-OH is 1. The molecule has 0 aliphatic carbocycles. The van der Waals surface area contributed by atoms with Gasteiger partial charge in [-0.2, -0.15) is 0 Å². The van der Waals surface area contributed by atoms with Gasteiger partial charge in [-0.3, -0.25) is 4.79 Å². The average Bonchev–Trinajstić information content (AvgIpc) is 2.44. The van der Waals surface area contributed by atoms with E-state index in [0.717, 1.165) is 16.3 Å². The third kappa shape index (κ3) is 2.44. The zero-order valence-corrected chi connectivity index (χ0v) is 10.8. The quantitative estimate of drug-likeness (QED) is 0.891. The molecular weight excluding hydrogens is 224 g/mol. The fourth-order valence-corrected chi connectivity index (χ4v) is 2.18. The van der Waals surface area contributed by atoms with Crippen LogP contribution in [0, 0.1) is 5.92 Å². The summed E-state index contributed by atoms with van der Waals surface area (Å²) in [7, 11) is 0. The molecule has 0 aliphatic heterocycles. The largest absolute Gasteiger partial charge is 0.388 e. The Morgan fingerprint density at radius 2 is 1.83 bits per heavy atom. The minimum absolute atomic E-state index is 0.0932. The summed E-state index contributed by atoms with van der Waals surface area (Å²) in [5.41, 5.74) is 0.808. The fraction of sp³-hybridized carbons (Fsp3) is 0.312. The van der Waals surface area contributed by atoms with Crippen molar-refractivity contribution in [2.45, 2.75) is 26.4 Å². The molecule has 2 atom stereocenters. The van der Waals surface area contributed by atoms with Gasteiger partial charge in [0, 0.05) is 12.3 Å². The van der Waals surface area contributed by atoms with E-state index < -0.39 is 6.10 Å². The lowest BCUT2D eigenvalue weighted by Crippen LogP contribution is -2.18. The molecule has 0 radical (unpaired) electrons. The van der Waals surface area contributed by atoms with E-state index in [4.69, 9.17) is 0 Å². The Hall–Kier alpha value is -1.67. The standard InChI is InChI=1S/C16H18O2/c1-3-15(17)11(2)16(18)14-9-8-12-6-4-5-7-13(12)10-14/h4-11,16,18H,3H2,1-2H3/t11-,16-/m0/s1.